The molecule has 0 fully saturated rings. The van der Waals surface area contributed by atoms with Gasteiger partial charge in [0.25, 0.3) is 0 Å². The van der Waals surface area contributed by atoms with Gasteiger partial charge < -0.3 is 5.11 Å². The first-order valence-electron chi connectivity index (χ1n) is 5.12. The third kappa shape index (κ3) is 1.82. The number of allylic oxidation sites excluding steroid dienone is 2. The molecular formula is C13H11NO2. The van der Waals surface area contributed by atoms with Crippen LogP contribution in [0, 0.1) is 11.3 Å². The Balaban J connectivity index is 2.29. The molecule has 3 heteroatoms. The van der Waals surface area contributed by atoms with Crippen molar-refractivity contribution in [1.29, 1.82) is 5.26 Å². The Morgan fingerprint density at radius 3 is 2.50 bits per heavy atom. The molecule has 0 spiro atoms. The minimum absolute atomic E-state index is 0.00852. The van der Waals surface area contributed by atoms with Gasteiger partial charge in [0.05, 0.1) is 0 Å². The highest BCUT2D eigenvalue weighted by atomic mass is 16.3. The zero-order valence-corrected chi connectivity index (χ0v) is 8.68. The monoisotopic (exact) mass is 213 g/mol. The Labute approximate surface area is 93.6 Å². The molecule has 1 aromatic carbocycles. The number of benzene rings is 1. The zero-order chi connectivity index (χ0) is 11.5. The van der Waals surface area contributed by atoms with E-state index in [4.69, 9.17) is 5.26 Å². The highest BCUT2D eigenvalue weighted by molar-refractivity contribution is 6.00. The largest absolute Gasteiger partial charge is 0.511 e. The minimum atomic E-state index is -0.264. The van der Waals surface area contributed by atoms with Crippen LogP contribution in [0.15, 0.2) is 41.7 Å². The van der Waals surface area contributed by atoms with E-state index in [0.717, 1.165) is 5.56 Å². The Hall–Kier alpha value is -2.08. The summed E-state index contributed by atoms with van der Waals surface area (Å²) in [6, 6.07) is 11.3. The maximum absolute atomic E-state index is 11.6. The number of rotatable bonds is 1. The molecule has 0 bridgehead atoms. The molecule has 1 atom stereocenters. The van der Waals surface area contributed by atoms with E-state index >= 15 is 0 Å². The maximum Gasteiger partial charge on any atom is 0.177 e. The predicted octanol–water partition coefficient (Wildman–Crippen LogP) is 2.47. The fraction of sp³-hybridized carbons (Fsp3) is 0.231. The van der Waals surface area contributed by atoms with Gasteiger partial charge in [-0.25, -0.2) is 0 Å². The number of Topliss-reactive ketones (excluding diaryl/α,β-unsaturated/α-hetero) is 1. The van der Waals surface area contributed by atoms with Crippen LogP contribution in [0.3, 0.4) is 0 Å². The fourth-order valence-electron chi connectivity index (χ4n) is 1.98. The molecule has 0 heterocycles. The van der Waals surface area contributed by atoms with Gasteiger partial charge in [-0.1, -0.05) is 30.3 Å². The summed E-state index contributed by atoms with van der Waals surface area (Å²) in [6.07, 6.45) is 0.676. The van der Waals surface area contributed by atoms with Crippen molar-refractivity contribution in [2.75, 3.05) is 0 Å². The standard InChI is InChI=1S/C13H11NO2/c14-8-11-12(15)6-10(7-13(11)16)9-4-2-1-3-5-9/h1-5,10,15H,6-7H2. The second-order valence-electron chi connectivity index (χ2n) is 3.87. The molecule has 0 amide bonds. The summed E-state index contributed by atoms with van der Waals surface area (Å²) < 4.78 is 0. The van der Waals surface area contributed by atoms with Crippen molar-refractivity contribution in [2.24, 2.45) is 0 Å². The smallest absolute Gasteiger partial charge is 0.177 e. The number of aliphatic hydroxyl groups is 1. The van der Waals surface area contributed by atoms with Crippen LogP contribution in [-0.2, 0) is 4.79 Å². The van der Waals surface area contributed by atoms with Crippen LogP contribution >= 0.6 is 0 Å². The van der Waals surface area contributed by atoms with E-state index < -0.39 is 0 Å². The molecule has 0 aliphatic heterocycles. The number of hydrogen-bond acceptors (Lipinski definition) is 3. The second kappa shape index (κ2) is 4.19. The summed E-state index contributed by atoms with van der Waals surface area (Å²) >= 11 is 0. The van der Waals surface area contributed by atoms with E-state index in [1.807, 2.05) is 30.3 Å². The molecule has 2 rings (SSSR count). The van der Waals surface area contributed by atoms with Crippen LogP contribution in [0.2, 0.25) is 0 Å². The van der Waals surface area contributed by atoms with Gasteiger partial charge in [0.2, 0.25) is 0 Å². The normalized spacial score (nSPS) is 20.7. The van der Waals surface area contributed by atoms with Gasteiger partial charge in [-0.15, -0.1) is 0 Å². The van der Waals surface area contributed by atoms with Gasteiger partial charge in [0.1, 0.15) is 17.4 Å². The molecule has 1 aliphatic rings. The first-order valence-corrected chi connectivity index (χ1v) is 5.12. The van der Waals surface area contributed by atoms with Crippen molar-refractivity contribution in [1.82, 2.24) is 0 Å². The third-order valence-corrected chi connectivity index (χ3v) is 2.82. The minimum Gasteiger partial charge on any atom is -0.511 e. The summed E-state index contributed by atoms with van der Waals surface area (Å²) in [6.45, 7) is 0. The first-order chi connectivity index (χ1) is 7.72. The second-order valence-corrected chi connectivity index (χ2v) is 3.87. The number of aliphatic hydroxyl groups excluding tert-OH is 1. The van der Waals surface area contributed by atoms with Crippen molar-refractivity contribution in [3.05, 3.63) is 47.2 Å². The van der Waals surface area contributed by atoms with E-state index in [-0.39, 0.29) is 23.0 Å². The van der Waals surface area contributed by atoms with E-state index in [1.54, 1.807) is 6.07 Å². The highest BCUT2D eigenvalue weighted by Gasteiger charge is 2.28. The molecule has 80 valence electrons. The Morgan fingerprint density at radius 2 is 1.94 bits per heavy atom. The lowest BCUT2D eigenvalue weighted by molar-refractivity contribution is -0.116. The number of carbonyl (C=O) groups is 1. The number of nitrogens with zero attached hydrogens (tertiary/aromatic N) is 1. The SMILES string of the molecule is N#CC1=C(O)CC(c2ccccc2)CC1=O. The van der Waals surface area contributed by atoms with Crippen LogP contribution in [0.5, 0.6) is 0 Å². The van der Waals surface area contributed by atoms with Crippen molar-refractivity contribution < 1.29 is 9.90 Å². The molecule has 0 aromatic heterocycles. The van der Waals surface area contributed by atoms with Gasteiger partial charge in [-0.2, -0.15) is 5.26 Å². The zero-order valence-electron chi connectivity index (χ0n) is 8.68. The Bertz CT molecular complexity index is 482. The van der Waals surface area contributed by atoms with E-state index in [0.29, 0.717) is 12.8 Å². The summed E-state index contributed by atoms with van der Waals surface area (Å²) in [7, 11) is 0. The van der Waals surface area contributed by atoms with Gasteiger partial charge in [-0.05, 0) is 11.5 Å². The van der Waals surface area contributed by atoms with Crippen LogP contribution < -0.4 is 0 Å². The lowest BCUT2D eigenvalue weighted by Crippen LogP contribution is -2.17. The van der Waals surface area contributed by atoms with Crippen molar-refractivity contribution in [3.63, 3.8) is 0 Å². The Kier molecular flexibility index (Phi) is 2.74. The van der Waals surface area contributed by atoms with E-state index in [9.17, 15) is 9.90 Å². The molecule has 3 nitrogen and oxygen atoms in total. The van der Waals surface area contributed by atoms with Gasteiger partial charge in [0, 0.05) is 12.8 Å². The van der Waals surface area contributed by atoms with E-state index in [1.165, 1.54) is 0 Å². The Morgan fingerprint density at radius 1 is 1.25 bits per heavy atom. The topological polar surface area (TPSA) is 61.1 Å². The summed E-state index contributed by atoms with van der Waals surface area (Å²) in [5.74, 6) is -0.349. The molecule has 0 saturated carbocycles. The van der Waals surface area contributed by atoms with Gasteiger partial charge in [0.15, 0.2) is 5.78 Å². The molecule has 0 radical (unpaired) electrons. The molecule has 16 heavy (non-hydrogen) atoms. The third-order valence-electron chi connectivity index (χ3n) is 2.82. The van der Waals surface area contributed by atoms with E-state index in [2.05, 4.69) is 0 Å². The highest BCUT2D eigenvalue weighted by Crippen LogP contribution is 2.32. The molecule has 1 aromatic rings. The lowest BCUT2D eigenvalue weighted by atomic mass is 9.83. The van der Waals surface area contributed by atoms with Crippen molar-refractivity contribution in [2.45, 2.75) is 18.8 Å². The fourth-order valence-corrected chi connectivity index (χ4v) is 1.98. The average Bonchev–Trinajstić information content (AvgIpc) is 2.30. The number of hydrogen-bond donors (Lipinski definition) is 1. The van der Waals surface area contributed by atoms with Gasteiger partial charge in [-0.3, -0.25) is 4.79 Å². The summed E-state index contributed by atoms with van der Waals surface area (Å²) in [5.41, 5.74) is 0.951. The summed E-state index contributed by atoms with van der Waals surface area (Å²) in [4.78, 5) is 11.6. The average molecular weight is 213 g/mol. The predicted molar refractivity (Wildman–Crippen MR) is 58.7 cm³/mol. The molecule has 1 unspecified atom stereocenters. The maximum atomic E-state index is 11.6. The van der Waals surface area contributed by atoms with Crippen LogP contribution in [0.4, 0.5) is 0 Å². The van der Waals surface area contributed by atoms with Crippen molar-refractivity contribution in [3.8, 4) is 6.07 Å². The molecule has 0 saturated heterocycles. The molecule has 1 N–H and O–H groups in total. The van der Waals surface area contributed by atoms with Crippen LogP contribution in [-0.4, -0.2) is 10.9 Å². The molecular weight excluding hydrogens is 202 g/mol. The number of ketones is 1. The van der Waals surface area contributed by atoms with Crippen LogP contribution in [0.25, 0.3) is 0 Å². The number of nitriles is 1. The molecule has 1 aliphatic carbocycles. The van der Waals surface area contributed by atoms with Gasteiger partial charge >= 0.3 is 0 Å². The van der Waals surface area contributed by atoms with Crippen LogP contribution in [0.1, 0.15) is 24.3 Å². The first kappa shape index (κ1) is 10.4. The number of carbonyl (C=O) groups excluding carboxylic acids is 1. The summed E-state index contributed by atoms with van der Waals surface area (Å²) in [5, 5.41) is 18.3. The van der Waals surface area contributed by atoms with Crippen molar-refractivity contribution >= 4 is 5.78 Å². The quantitative estimate of drug-likeness (QED) is 0.779. The lowest BCUT2D eigenvalue weighted by Gasteiger charge is -2.21.